The quantitative estimate of drug-likeness (QED) is 0.588. The normalized spacial score (nSPS) is 27.3. The third kappa shape index (κ3) is 3.27. The van der Waals surface area contributed by atoms with Crippen molar-refractivity contribution in [3.63, 3.8) is 0 Å². The van der Waals surface area contributed by atoms with Crippen LogP contribution in [0.1, 0.15) is 25.7 Å². The van der Waals surface area contributed by atoms with Crippen molar-refractivity contribution in [3.05, 3.63) is 0 Å². The van der Waals surface area contributed by atoms with Crippen molar-refractivity contribution in [1.82, 2.24) is 5.32 Å². The number of nitrogens with two attached hydrogens (primary N) is 2. The number of hydrogen-bond acceptors (Lipinski definition) is 3. The third-order valence-corrected chi connectivity index (χ3v) is 2.93. The summed E-state index contributed by atoms with van der Waals surface area (Å²) in [6.45, 7) is 1.81. The Labute approximate surface area is 85.4 Å². The predicted octanol–water partition coefficient (Wildman–Crippen LogP) is -0.174. The standard InChI is InChI=1S/C10H21N3O/c11-4-5-13-10(14)9-3-1-2-8(6-9)7-12/h8-9H,1-7,11-12H2,(H,13,14). The van der Waals surface area contributed by atoms with E-state index in [4.69, 9.17) is 11.5 Å². The molecule has 1 saturated carbocycles. The third-order valence-electron chi connectivity index (χ3n) is 2.93. The summed E-state index contributed by atoms with van der Waals surface area (Å²) in [5.41, 5.74) is 10.9. The van der Waals surface area contributed by atoms with Gasteiger partial charge in [-0.15, -0.1) is 0 Å². The van der Waals surface area contributed by atoms with E-state index >= 15 is 0 Å². The Kier molecular flexibility index (Phi) is 4.90. The van der Waals surface area contributed by atoms with Gasteiger partial charge in [0.05, 0.1) is 0 Å². The van der Waals surface area contributed by atoms with Crippen molar-refractivity contribution in [3.8, 4) is 0 Å². The van der Waals surface area contributed by atoms with E-state index in [0.717, 1.165) is 19.3 Å². The summed E-state index contributed by atoms with van der Waals surface area (Å²) >= 11 is 0. The molecule has 4 nitrogen and oxygen atoms in total. The lowest BCUT2D eigenvalue weighted by Crippen LogP contribution is -2.37. The number of nitrogens with one attached hydrogen (secondary N) is 1. The fourth-order valence-electron chi connectivity index (χ4n) is 2.08. The zero-order valence-electron chi connectivity index (χ0n) is 8.67. The molecule has 0 bridgehead atoms. The number of amides is 1. The van der Waals surface area contributed by atoms with Crippen LogP contribution in [0, 0.1) is 11.8 Å². The number of carbonyl (C=O) groups is 1. The summed E-state index contributed by atoms with van der Waals surface area (Å²) in [6.07, 6.45) is 4.26. The monoisotopic (exact) mass is 199 g/mol. The van der Waals surface area contributed by atoms with Crippen LogP contribution in [0.3, 0.4) is 0 Å². The van der Waals surface area contributed by atoms with Crippen LogP contribution in [0.5, 0.6) is 0 Å². The molecule has 2 atom stereocenters. The smallest absolute Gasteiger partial charge is 0.223 e. The molecule has 1 aliphatic rings. The van der Waals surface area contributed by atoms with Crippen molar-refractivity contribution in [1.29, 1.82) is 0 Å². The fraction of sp³-hybridized carbons (Fsp3) is 0.900. The van der Waals surface area contributed by atoms with Crippen molar-refractivity contribution >= 4 is 5.91 Å². The first-order chi connectivity index (χ1) is 6.77. The second-order valence-corrected chi connectivity index (χ2v) is 4.04. The van der Waals surface area contributed by atoms with Gasteiger partial charge < -0.3 is 16.8 Å². The summed E-state index contributed by atoms with van der Waals surface area (Å²) < 4.78 is 0. The van der Waals surface area contributed by atoms with Gasteiger partial charge in [0.15, 0.2) is 0 Å². The van der Waals surface area contributed by atoms with Crippen LogP contribution < -0.4 is 16.8 Å². The fourth-order valence-corrected chi connectivity index (χ4v) is 2.08. The molecule has 0 aliphatic heterocycles. The van der Waals surface area contributed by atoms with Gasteiger partial charge in [-0.1, -0.05) is 6.42 Å². The van der Waals surface area contributed by atoms with Crippen molar-refractivity contribution < 1.29 is 4.79 Å². The zero-order chi connectivity index (χ0) is 10.4. The van der Waals surface area contributed by atoms with E-state index in [9.17, 15) is 4.79 Å². The van der Waals surface area contributed by atoms with Gasteiger partial charge in [-0.3, -0.25) is 4.79 Å². The topological polar surface area (TPSA) is 81.1 Å². The van der Waals surface area contributed by atoms with Crippen molar-refractivity contribution in [2.24, 2.45) is 23.3 Å². The second kappa shape index (κ2) is 5.98. The molecule has 0 aromatic heterocycles. The van der Waals surface area contributed by atoms with Gasteiger partial charge in [0.2, 0.25) is 5.91 Å². The molecule has 0 aromatic carbocycles. The van der Waals surface area contributed by atoms with Crippen LogP contribution in [-0.2, 0) is 4.79 Å². The second-order valence-electron chi connectivity index (χ2n) is 4.04. The molecule has 0 radical (unpaired) electrons. The maximum absolute atomic E-state index is 11.6. The molecule has 82 valence electrons. The molecule has 1 aliphatic carbocycles. The first-order valence-corrected chi connectivity index (χ1v) is 5.45. The molecule has 0 spiro atoms. The Morgan fingerprint density at radius 2 is 2.14 bits per heavy atom. The van der Waals surface area contributed by atoms with E-state index in [2.05, 4.69) is 5.32 Å². The average molecular weight is 199 g/mol. The van der Waals surface area contributed by atoms with Crippen LogP contribution in [0.15, 0.2) is 0 Å². The first kappa shape index (κ1) is 11.5. The maximum atomic E-state index is 11.6. The van der Waals surface area contributed by atoms with Gasteiger partial charge in [0.25, 0.3) is 0 Å². The highest BCUT2D eigenvalue weighted by Crippen LogP contribution is 2.28. The van der Waals surface area contributed by atoms with E-state index in [1.807, 2.05) is 0 Å². The van der Waals surface area contributed by atoms with Gasteiger partial charge in [-0.25, -0.2) is 0 Å². The number of rotatable bonds is 4. The molecular formula is C10H21N3O. The molecular weight excluding hydrogens is 178 g/mol. The van der Waals surface area contributed by atoms with Gasteiger partial charge in [-0.05, 0) is 31.7 Å². The van der Waals surface area contributed by atoms with E-state index in [0.29, 0.717) is 25.6 Å². The van der Waals surface area contributed by atoms with Crippen LogP contribution in [-0.4, -0.2) is 25.5 Å². The minimum atomic E-state index is 0.161. The Hall–Kier alpha value is -0.610. The molecule has 5 N–H and O–H groups in total. The van der Waals surface area contributed by atoms with E-state index in [1.54, 1.807) is 0 Å². The van der Waals surface area contributed by atoms with Crippen molar-refractivity contribution in [2.75, 3.05) is 19.6 Å². The summed E-state index contributed by atoms with van der Waals surface area (Å²) in [5.74, 6) is 0.870. The predicted molar refractivity (Wildman–Crippen MR) is 56.6 cm³/mol. The SMILES string of the molecule is NCCNC(=O)C1CCCC(CN)C1. The highest BCUT2D eigenvalue weighted by atomic mass is 16.1. The van der Waals surface area contributed by atoms with E-state index in [-0.39, 0.29) is 11.8 Å². The molecule has 1 amide bonds. The maximum Gasteiger partial charge on any atom is 0.223 e. The highest BCUT2D eigenvalue weighted by molar-refractivity contribution is 5.78. The van der Waals surface area contributed by atoms with E-state index in [1.165, 1.54) is 6.42 Å². The summed E-state index contributed by atoms with van der Waals surface area (Å²) in [4.78, 5) is 11.6. The van der Waals surface area contributed by atoms with Crippen LogP contribution in [0.25, 0.3) is 0 Å². The molecule has 2 unspecified atom stereocenters. The van der Waals surface area contributed by atoms with Crippen LogP contribution in [0.2, 0.25) is 0 Å². The minimum Gasteiger partial charge on any atom is -0.355 e. The Balaban J connectivity index is 2.31. The lowest BCUT2D eigenvalue weighted by atomic mass is 9.81. The minimum absolute atomic E-state index is 0.161. The molecule has 0 saturated heterocycles. The molecule has 0 aromatic rings. The largest absolute Gasteiger partial charge is 0.355 e. The Morgan fingerprint density at radius 3 is 2.79 bits per heavy atom. The average Bonchev–Trinajstić information content (AvgIpc) is 2.26. The highest BCUT2D eigenvalue weighted by Gasteiger charge is 2.25. The number of hydrogen-bond donors (Lipinski definition) is 3. The van der Waals surface area contributed by atoms with Crippen LogP contribution in [0.4, 0.5) is 0 Å². The van der Waals surface area contributed by atoms with E-state index < -0.39 is 0 Å². The van der Waals surface area contributed by atoms with Gasteiger partial charge in [0.1, 0.15) is 0 Å². The molecule has 1 fully saturated rings. The van der Waals surface area contributed by atoms with Gasteiger partial charge in [-0.2, -0.15) is 0 Å². The van der Waals surface area contributed by atoms with Gasteiger partial charge >= 0.3 is 0 Å². The molecule has 14 heavy (non-hydrogen) atoms. The van der Waals surface area contributed by atoms with Crippen molar-refractivity contribution in [2.45, 2.75) is 25.7 Å². The van der Waals surface area contributed by atoms with Gasteiger partial charge in [0, 0.05) is 19.0 Å². The number of carbonyl (C=O) groups excluding carboxylic acids is 1. The van der Waals surface area contributed by atoms with Crippen LogP contribution >= 0.6 is 0 Å². The lowest BCUT2D eigenvalue weighted by molar-refractivity contribution is -0.126. The summed E-state index contributed by atoms with van der Waals surface area (Å²) in [7, 11) is 0. The summed E-state index contributed by atoms with van der Waals surface area (Å²) in [6, 6.07) is 0. The lowest BCUT2D eigenvalue weighted by Gasteiger charge is -2.27. The Bertz CT molecular complexity index is 184. The molecule has 4 heteroatoms. The Morgan fingerprint density at radius 1 is 1.36 bits per heavy atom. The summed E-state index contributed by atoms with van der Waals surface area (Å²) in [5, 5.41) is 2.84. The molecule has 0 heterocycles. The first-order valence-electron chi connectivity index (χ1n) is 5.45. The molecule has 1 rings (SSSR count). The zero-order valence-corrected chi connectivity index (χ0v) is 8.67.